The zero-order valence-corrected chi connectivity index (χ0v) is 13.5. The topological polar surface area (TPSA) is 243 Å². The maximum absolute atomic E-state index is 10.4. The number of nitrogens with zero attached hydrogens (tertiary/aromatic N) is 4. The van der Waals surface area contributed by atoms with Gasteiger partial charge in [-0.05, 0) is 6.07 Å². The van der Waals surface area contributed by atoms with Crippen LogP contribution in [0.5, 0.6) is 5.75 Å². The third-order valence-corrected chi connectivity index (χ3v) is 3.05. The van der Waals surface area contributed by atoms with Gasteiger partial charge in [0.2, 0.25) is 0 Å². The summed E-state index contributed by atoms with van der Waals surface area (Å²) in [6.45, 7) is 0. The molecule has 0 fully saturated rings. The lowest BCUT2D eigenvalue weighted by Gasteiger charge is -1.98. The minimum Gasteiger partial charge on any atom is -0.497 e. The maximum Gasteiger partial charge on any atom is 0.324 e. The number of phenolic OH excluding ortho intramolecular Hbond substituents is 1. The number of hydrogen-bond acceptors (Lipinski definition) is 10. The number of nitrogen functional groups attached to an aromatic ring is 1. The van der Waals surface area contributed by atoms with Crippen LogP contribution in [0.2, 0.25) is 0 Å². The van der Waals surface area contributed by atoms with Crippen molar-refractivity contribution in [1.29, 1.82) is 5.41 Å². The molecule has 0 saturated heterocycles. The van der Waals surface area contributed by atoms with Gasteiger partial charge in [0.1, 0.15) is 5.84 Å². The zero-order valence-electron chi connectivity index (χ0n) is 13.5. The van der Waals surface area contributed by atoms with Gasteiger partial charge in [-0.2, -0.15) is 0 Å². The van der Waals surface area contributed by atoms with Gasteiger partial charge >= 0.3 is 11.4 Å². The van der Waals surface area contributed by atoms with Crippen LogP contribution in [-0.4, -0.2) is 30.6 Å². The molecule has 0 aliphatic heterocycles. The summed E-state index contributed by atoms with van der Waals surface area (Å²) in [5.74, 6) is -1.50. The molecule has 0 radical (unpaired) electrons. The van der Waals surface area contributed by atoms with Crippen molar-refractivity contribution in [3.63, 3.8) is 0 Å². The van der Waals surface area contributed by atoms with Crippen LogP contribution < -0.4 is 5.73 Å². The number of phenols is 1. The molecule has 0 saturated carbocycles. The average Bonchev–Trinajstić information content (AvgIpc) is 2.61. The first kappa shape index (κ1) is 21.4. The molecule has 0 bridgehead atoms. The van der Waals surface area contributed by atoms with E-state index in [0.717, 1.165) is 0 Å². The average molecular weight is 394 g/mol. The second-order valence-corrected chi connectivity index (χ2v) is 4.79. The summed E-state index contributed by atoms with van der Waals surface area (Å²) in [7, 11) is 0. The van der Waals surface area contributed by atoms with E-state index in [4.69, 9.17) is 16.2 Å². The van der Waals surface area contributed by atoms with E-state index in [2.05, 4.69) is 0 Å². The van der Waals surface area contributed by atoms with Gasteiger partial charge in [-0.15, -0.1) is 0 Å². The van der Waals surface area contributed by atoms with Gasteiger partial charge in [0.05, 0.1) is 37.4 Å². The molecule has 15 heteroatoms. The molecule has 2 aromatic rings. The number of hydrogen-bond donors (Lipinski definition) is 3. The Kier molecular flexibility index (Phi) is 6.56. The van der Waals surface area contributed by atoms with E-state index >= 15 is 0 Å². The summed E-state index contributed by atoms with van der Waals surface area (Å²) >= 11 is 0. The minimum atomic E-state index is -1.21. The Morgan fingerprint density at radius 2 is 1.25 bits per heavy atom. The first-order valence-corrected chi connectivity index (χ1v) is 6.85. The third-order valence-electron chi connectivity index (χ3n) is 3.05. The van der Waals surface area contributed by atoms with Crippen LogP contribution in [0.25, 0.3) is 0 Å². The summed E-state index contributed by atoms with van der Waals surface area (Å²) in [4.78, 5) is 37.6. The fourth-order valence-electron chi connectivity index (χ4n) is 1.83. The lowest BCUT2D eigenvalue weighted by molar-refractivity contribution is -0.404. The standard InChI is InChI=1S/C7H7N3O2.C6H3N3O7/c8-7(9)5-3-1-2-4-6(5)10(11)12;10-6-4(8(13)14)1-3(7(11)12)2-5(6)9(15)16/h1-4H,(H3,8,9);1-2,10H. The number of amidine groups is 1. The third kappa shape index (κ3) is 4.91. The number of aromatic hydroxyl groups is 1. The van der Waals surface area contributed by atoms with Crippen LogP contribution in [0, 0.1) is 45.9 Å². The number of nitrogens with one attached hydrogen (secondary N) is 1. The Morgan fingerprint density at radius 3 is 1.57 bits per heavy atom. The molecule has 15 nitrogen and oxygen atoms in total. The number of non-ortho nitro benzene ring substituents is 1. The Bertz CT molecular complexity index is 922. The number of rotatable bonds is 5. The van der Waals surface area contributed by atoms with Gasteiger partial charge in [-0.3, -0.25) is 45.9 Å². The first-order valence-electron chi connectivity index (χ1n) is 6.85. The van der Waals surface area contributed by atoms with E-state index in [1.54, 1.807) is 6.07 Å². The highest BCUT2D eigenvalue weighted by molar-refractivity contribution is 5.98. The van der Waals surface area contributed by atoms with Crippen molar-refractivity contribution in [2.45, 2.75) is 0 Å². The van der Waals surface area contributed by atoms with Crippen LogP contribution in [0.3, 0.4) is 0 Å². The van der Waals surface area contributed by atoms with Gasteiger partial charge in [0, 0.05) is 6.07 Å². The Balaban J connectivity index is 0.000000292. The second kappa shape index (κ2) is 8.61. The Labute approximate surface area is 153 Å². The van der Waals surface area contributed by atoms with Crippen molar-refractivity contribution in [2.75, 3.05) is 0 Å². The van der Waals surface area contributed by atoms with Crippen molar-refractivity contribution in [2.24, 2.45) is 5.73 Å². The molecule has 2 aromatic carbocycles. The van der Waals surface area contributed by atoms with Gasteiger partial charge in [0.25, 0.3) is 17.1 Å². The number of benzene rings is 2. The molecule has 0 unspecified atom stereocenters. The highest BCUT2D eigenvalue weighted by Crippen LogP contribution is 2.38. The van der Waals surface area contributed by atoms with Crippen LogP contribution in [0.1, 0.15) is 5.56 Å². The molecular formula is C13H10N6O9. The van der Waals surface area contributed by atoms with Gasteiger partial charge < -0.3 is 10.8 Å². The highest BCUT2D eigenvalue weighted by Gasteiger charge is 2.30. The molecule has 0 spiro atoms. The minimum absolute atomic E-state index is 0.134. The molecular weight excluding hydrogens is 384 g/mol. The summed E-state index contributed by atoms with van der Waals surface area (Å²) in [6.07, 6.45) is 0. The molecule has 0 atom stereocenters. The van der Waals surface area contributed by atoms with Crippen LogP contribution in [0.4, 0.5) is 22.7 Å². The number of nitro benzene ring substituents is 4. The van der Waals surface area contributed by atoms with Crippen molar-refractivity contribution >= 4 is 28.6 Å². The van der Waals surface area contributed by atoms with E-state index in [-0.39, 0.29) is 17.1 Å². The molecule has 146 valence electrons. The molecule has 2 rings (SSSR count). The van der Waals surface area contributed by atoms with Crippen molar-refractivity contribution < 1.29 is 24.8 Å². The largest absolute Gasteiger partial charge is 0.497 e. The van der Waals surface area contributed by atoms with Crippen molar-refractivity contribution in [3.05, 3.63) is 82.4 Å². The Hall–Kier alpha value is -4.69. The van der Waals surface area contributed by atoms with E-state index in [0.29, 0.717) is 12.1 Å². The molecule has 0 amide bonds. The number of nitrogens with two attached hydrogens (primary N) is 1. The molecule has 4 N–H and O–H groups in total. The molecule has 28 heavy (non-hydrogen) atoms. The van der Waals surface area contributed by atoms with Crippen LogP contribution in [0.15, 0.2) is 36.4 Å². The molecule has 0 aliphatic rings. The highest BCUT2D eigenvalue weighted by atomic mass is 16.6. The normalized spacial score (nSPS) is 9.57. The van der Waals surface area contributed by atoms with Crippen molar-refractivity contribution in [1.82, 2.24) is 0 Å². The lowest BCUT2D eigenvalue weighted by Crippen LogP contribution is -2.13. The zero-order chi connectivity index (χ0) is 21.6. The summed E-state index contributed by atoms with van der Waals surface area (Å²) in [5, 5.41) is 57.6. The summed E-state index contributed by atoms with van der Waals surface area (Å²) in [5.41, 5.74) is 2.15. The monoisotopic (exact) mass is 394 g/mol. The number of para-hydroxylation sites is 1. The van der Waals surface area contributed by atoms with E-state index < -0.39 is 42.5 Å². The number of nitro groups is 4. The molecule has 0 aromatic heterocycles. The smallest absolute Gasteiger partial charge is 0.324 e. The van der Waals surface area contributed by atoms with Crippen molar-refractivity contribution in [3.8, 4) is 5.75 Å². The predicted octanol–water partition coefficient (Wildman–Crippen LogP) is 2.00. The van der Waals surface area contributed by atoms with Gasteiger partial charge in [-0.1, -0.05) is 12.1 Å². The second-order valence-electron chi connectivity index (χ2n) is 4.79. The van der Waals surface area contributed by atoms with Crippen LogP contribution in [-0.2, 0) is 0 Å². The Morgan fingerprint density at radius 1 is 0.821 bits per heavy atom. The summed E-state index contributed by atoms with van der Waals surface area (Å²) < 4.78 is 0. The van der Waals surface area contributed by atoms with Crippen LogP contribution >= 0.6 is 0 Å². The summed E-state index contributed by atoms with van der Waals surface area (Å²) in [6, 6.07) is 6.79. The molecule has 0 heterocycles. The van der Waals surface area contributed by atoms with E-state index in [9.17, 15) is 40.5 Å². The first-order chi connectivity index (χ1) is 13.0. The maximum atomic E-state index is 10.4. The van der Waals surface area contributed by atoms with E-state index in [1.807, 2.05) is 0 Å². The predicted molar refractivity (Wildman–Crippen MR) is 92.2 cm³/mol. The van der Waals surface area contributed by atoms with Gasteiger partial charge in [0.15, 0.2) is 0 Å². The van der Waals surface area contributed by atoms with E-state index in [1.165, 1.54) is 18.2 Å². The fraction of sp³-hybridized carbons (Fsp3) is 0. The van der Waals surface area contributed by atoms with Gasteiger partial charge in [-0.25, -0.2) is 0 Å². The quantitative estimate of drug-likeness (QED) is 0.288. The lowest BCUT2D eigenvalue weighted by atomic mass is 10.2. The fourth-order valence-corrected chi connectivity index (χ4v) is 1.83. The molecule has 0 aliphatic carbocycles. The SMILES string of the molecule is N=C(N)c1ccccc1[N+](=O)[O-].O=[N+]([O-])c1cc([N+](=O)[O-])c(O)c([N+](=O)[O-])c1.